The first kappa shape index (κ1) is 14.4. The molecule has 1 aromatic heterocycles. The topological polar surface area (TPSA) is 91.1 Å². The fourth-order valence-electron chi connectivity index (χ4n) is 2.50. The Bertz CT molecular complexity index is 621. The van der Waals surface area contributed by atoms with Gasteiger partial charge in [0.1, 0.15) is 0 Å². The molecule has 2 heterocycles. The minimum Gasteiger partial charge on any atom is -0.768 e. The highest BCUT2D eigenvalue weighted by atomic mass is 32.2. The van der Waals surface area contributed by atoms with Crippen molar-refractivity contribution in [3.8, 4) is 11.4 Å². The number of hydrogen-bond donors (Lipinski definition) is 1. The minimum absolute atomic E-state index is 0.247. The number of nitrogens with zero attached hydrogens (tertiary/aromatic N) is 2. The molecule has 1 aliphatic rings. The standard InChI is InChI=1S/C14H17N3O3S/c18-21(19)12-3-1-11(2-4-12)14-16-13(20-17-14)9-10-5-7-15-8-6-10/h1-4,10,15H,5-9H2,(H,18,19)/p-1. The highest BCUT2D eigenvalue weighted by molar-refractivity contribution is 7.79. The molecule has 7 heteroatoms. The number of piperidine rings is 1. The molecule has 0 radical (unpaired) electrons. The third-order valence-electron chi connectivity index (χ3n) is 3.70. The van der Waals surface area contributed by atoms with Crippen LogP contribution in [0, 0.1) is 5.92 Å². The van der Waals surface area contributed by atoms with E-state index < -0.39 is 11.1 Å². The van der Waals surface area contributed by atoms with Crippen LogP contribution in [-0.4, -0.2) is 32.0 Å². The highest BCUT2D eigenvalue weighted by Gasteiger charge is 2.17. The Morgan fingerprint density at radius 3 is 2.67 bits per heavy atom. The van der Waals surface area contributed by atoms with E-state index in [0.29, 0.717) is 17.6 Å². The predicted octanol–water partition coefficient (Wildman–Crippen LogP) is 1.52. The summed E-state index contributed by atoms with van der Waals surface area (Å²) < 4.78 is 26.9. The Morgan fingerprint density at radius 2 is 2.00 bits per heavy atom. The van der Waals surface area contributed by atoms with Crippen molar-refractivity contribution in [1.82, 2.24) is 15.5 Å². The average Bonchev–Trinajstić information content (AvgIpc) is 2.97. The maximum atomic E-state index is 10.8. The molecule has 112 valence electrons. The molecule has 21 heavy (non-hydrogen) atoms. The Hall–Kier alpha value is -1.57. The van der Waals surface area contributed by atoms with Crippen LogP contribution in [0.4, 0.5) is 0 Å². The molecular formula is C14H16N3O3S-. The SMILES string of the molecule is O=S([O-])c1ccc(-c2noc(CC3CCNCC3)n2)cc1. The van der Waals surface area contributed by atoms with Crippen LogP contribution >= 0.6 is 0 Å². The van der Waals surface area contributed by atoms with E-state index in [1.165, 1.54) is 12.1 Å². The zero-order chi connectivity index (χ0) is 14.7. The van der Waals surface area contributed by atoms with E-state index in [2.05, 4.69) is 15.5 Å². The summed E-state index contributed by atoms with van der Waals surface area (Å²) in [5, 5.41) is 7.30. The van der Waals surface area contributed by atoms with Crippen molar-refractivity contribution < 1.29 is 13.3 Å². The summed E-state index contributed by atoms with van der Waals surface area (Å²) >= 11 is -2.21. The van der Waals surface area contributed by atoms with Gasteiger partial charge in [-0.1, -0.05) is 5.16 Å². The molecule has 1 fully saturated rings. The van der Waals surface area contributed by atoms with Gasteiger partial charge in [-0.15, -0.1) is 0 Å². The van der Waals surface area contributed by atoms with Crippen molar-refractivity contribution in [3.05, 3.63) is 30.2 Å². The van der Waals surface area contributed by atoms with Crippen LogP contribution in [0.15, 0.2) is 33.7 Å². The highest BCUT2D eigenvalue weighted by Crippen LogP contribution is 2.21. The molecule has 0 spiro atoms. The first-order chi connectivity index (χ1) is 10.2. The molecule has 0 saturated carbocycles. The van der Waals surface area contributed by atoms with Gasteiger partial charge in [-0.25, -0.2) is 0 Å². The van der Waals surface area contributed by atoms with Crippen molar-refractivity contribution in [2.45, 2.75) is 24.2 Å². The second-order valence-electron chi connectivity index (χ2n) is 5.17. The minimum atomic E-state index is -2.21. The number of nitrogens with one attached hydrogen (secondary N) is 1. The summed E-state index contributed by atoms with van der Waals surface area (Å²) in [6.07, 6.45) is 3.06. The predicted molar refractivity (Wildman–Crippen MR) is 76.2 cm³/mol. The van der Waals surface area contributed by atoms with Crippen LogP contribution in [0.1, 0.15) is 18.7 Å². The lowest BCUT2D eigenvalue weighted by Crippen LogP contribution is -2.28. The van der Waals surface area contributed by atoms with E-state index in [9.17, 15) is 8.76 Å². The van der Waals surface area contributed by atoms with Gasteiger partial charge in [-0.3, -0.25) is 4.21 Å². The molecule has 1 saturated heterocycles. The van der Waals surface area contributed by atoms with Crippen LogP contribution < -0.4 is 5.32 Å². The first-order valence-corrected chi connectivity index (χ1v) is 8.03. The monoisotopic (exact) mass is 306 g/mol. The van der Waals surface area contributed by atoms with Crippen molar-refractivity contribution in [2.75, 3.05) is 13.1 Å². The molecule has 2 aromatic rings. The maximum absolute atomic E-state index is 10.8. The average molecular weight is 306 g/mol. The quantitative estimate of drug-likeness (QED) is 0.861. The second kappa shape index (κ2) is 6.46. The molecule has 0 amide bonds. The fraction of sp³-hybridized carbons (Fsp3) is 0.429. The van der Waals surface area contributed by atoms with E-state index in [-0.39, 0.29) is 4.90 Å². The number of hydrogen-bond acceptors (Lipinski definition) is 6. The van der Waals surface area contributed by atoms with E-state index in [1.807, 2.05) is 0 Å². The lowest BCUT2D eigenvalue weighted by Gasteiger charge is -2.20. The Balaban J connectivity index is 1.70. The van der Waals surface area contributed by atoms with Gasteiger partial charge in [0.25, 0.3) is 0 Å². The van der Waals surface area contributed by atoms with Crippen LogP contribution in [0.3, 0.4) is 0 Å². The van der Waals surface area contributed by atoms with Gasteiger partial charge in [-0.2, -0.15) is 4.98 Å². The zero-order valence-corrected chi connectivity index (χ0v) is 12.3. The molecule has 1 unspecified atom stereocenters. The fourth-order valence-corrected chi connectivity index (χ4v) is 2.86. The number of aromatic nitrogens is 2. The van der Waals surface area contributed by atoms with Crippen molar-refractivity contribution in [1.29, 1.82) is 0 Å². The van der Waals surface area contributed by atoms with Crippen molar-refractivity contribution >= 4 is 11.1 Å². The molecule has 1 aliphatic heterocycles. The van der Waals surface area contributed by atoms with Crippen LogP contribution in [-0.2, 0) is 17.5 Å². The summed E-state index contributed by atoms with van der Waals surface area (Å²) in [6.45, 7) is 2.08. The summed E-state index contributed by atoms with van der Waals surface area (Å²) in [6, 6.07) is 6.43. The Kier molecular flexibility index (Phi) is 4.42. The van der Waals surface area contributed by atoms with Crippen LogP contribution in [0.25, 0.3) is 11.4 Å². The number of rotatable bonds is 4. The van der Waals surface area contributed by atoms with E-state index in [0.717, 1.165) is 37.9 Å². The number of benzene rings is 1. The molecule has 1 N–H and O–H groups in total. The summed E-state index contributed by atoms with van der Waals surface area (Å²) in [5.41, 5.74) is 0.754. The third-order valence-corrected chi connectivity index (χ3v) is 4.35. The van der Waals surface area contributed by atoms with Gasteiger partial charge in [0.05, 0.1) is 0 Å². The van der Waals surface area contributed by atoms with E-state index in [4.69, 9.17) is 4.52 Å². The van der Waals surface area contributed by atoms with Crippen molar-refractivity contribution in [3.63, 3.8) is 0 Å². The molecule has 3 rings (SSSR count). The maximum Gasteiger partial charge on any atom is 0.227 e. The van der Waals surface area contributed by atoms with Gasteiger partial charge in [0.15, 0.2) is 0 Å². The Morgan fingerprint density at radius 1 is 1.29 bits per heavy atom. The van der Waals surface area contributed by atoms with Gasteiger partial charge < -0.3 is 14.4 Å². The molecule has 1 atom stereocenters. The summed E-state index contributed by atoms with van der Waals surface area (Å²) in [7, 11) is 0. The largest absolute Gasteiger partial charge is 0.768 e. The van der Waals surface area contributed by atoms with Gasteiger partial charge in [0.2, 0.25) is 11.7 Å². The van der Waals surface area contributed by atoms with Crippen LogP contribution in [0.2, 0.25) is 0 Å². The van der Waals surface area contributed by atoms with Crippen molar-refractivity contribution in [2.24, 2.45) is 5.92 Å². The van der Waals surface area contributed by atoms with Gasteiger partial charge >= 0.3 is 0 Å². The first-order valence-electron chi connectivity index (χ1n) is 6.95. The summed E-state index contributed by atoms with van der Waals surface area (Å²) in [4.78, 5) is 4.64. The molecule has 1 aromatic carbocycles. The molecular weight excluding hydrogens is 290 g/mol. The van der Waals surface area contributed by atoms with Gasteiger partial charge in [-0.05, 0) is 67.2 Å². The zero-order valence-electron chi connectivity index (χ0n) is 11.4. The summed E-state index contributed by atoms with van der Waals surface area (Å²) in [5.74, 6) is 1.74. The molecule has 0 bridgehead atoms. The molecule has 6 nitrogen and oxygen atoms in total. The van der Waals surface area contributed by atoms with Crippen LogP contribution in [0.5, 0.6) is 0 Å². The van der Waals surface area contributed by atoms with E-state index in [1.54, 1.807) is 12.1 Å². The normalized spacial score (nSPS) is 17.8. The lowest BCUT2D eigenvalue weighted by atomic mass is 9.95. The Labute approximate surface area is 125 Å². The lowest BCUT2D eigenvalue weighted by molar-refractivity contribution is 0.313. The molecule has 0 aliphatic carbocycles. The smallest absolute Gasteiger partial charge is 0.227 e. The van der Waals surface area contributed by atoms with E-state index >= 15 is 0 Å². The van der Waals surface area contributed by atoms with Gasteiger partial charge in [0, 0.05) is 16.9 Å². The second-order valence-corrected chi connectivity index (χ2v) is 6.11. The third kappa shape index (κ3) is 3.55.